The van der Waals surface area contributed by atoms with Gasteiger partial charge in [0.1, 0.15) is 16.5 Å². The quantitative estimate of drug-likeness (QED) is 0.802. The van der Waals surface area contributed by atoms with Crippen molar-refractivity contribution in [3.63, 3.8) is 0 Å². The molecular formula is C15H17ClN6. The van der Waals surface area contributed by atoms with Gasteiger partial charge in [0, 0.05) is 19.5 Å². The first-order chi connectivity index (χ1) is 10.7. The molecule has 3 aliphatic heterocycles. The summed E-state index contributed by atoms with van der Waals surface area (Å²) in [5, 5.41) is 7.18. The SMILES string of the molecule is CNC1=C2NCN(C)C23C=CN(c2cccc(Cl)n2)C3N=C1. The number of aromatic nitrogens is 1. The van der Waals surface area contributed by atoms with Crippen LogP contribution in [0.3, 0.4) is 0 Å². The van der Waals surface area contributed by atoms with Gasteiger partial charge in [0.15, 0.2) is 6.17 Å². The number of hydrogen-bond donors (Lipinski definition) is 2. The molecule has 4 rings (SSSR count). The number of pyridine rings is 1. The summed E-state index contributed by atoms with van der Waals surface area (Å²) < 4.78 is 0. The second kappa shape index (κ2) is 4.72. The molecule has 3 aliphatic rings. The molecule has 114 valence electrons. The van der Waals surface area contributed by atoms with Crippen molar-refractivity contribution in [2.75, 3.05) is 25.7 Å². The summed E-state index contributed by atoms with van der Waals surface area (Å²) in [7, 11) is 4.01. The van der Waals surface area contributed by atoms with Gasteiger partial charge >= 0.3 is 0 Å². The number of hydrogen-bond acceptors (Lipinski definition) is 6. The molecule has 0 radical (unpaired) electrons. The molecule has 1 aromatic heterocycles. The first-order valence-electron chi connectivity index (χ1n) is 7.18. The van der Waals surface area contributed by atoms with Crippen LogP contribution in [-0.2, 0) is 0 Å². The van der Waals surface area contributed by atoms with Crippen LogP contribution in [0.1, 0.15) is 0 Å². The molecular weight excluding hydrogens is 300 g/mol. The van der Waals surface area contributed by atoms with Gasteiger partial charge in [-0.2, -0.15) is 0 Å². The van der Waals surface area contributed by atoms with Gasteiger partial charge in [0.2, 0.25) is 0 Å². The summed E-state index contributed by atoms with van der Waals surface area (Å²) in [5.41, 5.74) is 1.88. The van der Waals surface area contributed by atoms with Gasteiger partial charge in [-0.15, -0.1) is 0 Å². The Balaban J connectivity index is 1.81. The highest BCUT2D eigenvalue weighted by atomic mass is 35.5. The lowest BCUT2D eigenvalue weighted by Gasteiger charge is -2.40. The van der Waals surface area contributed by atoms with Gasteiger partial charge in [-0.3, -0.25) is 9.89 Å². The van der Waals surface area contributed by atoms with Gasteiger partial charge < -0.3 is 15.5 Å². The van der Waals surface area contributed by atoms with Crippen LogP contribution in [0.4, 0.5) is 5.82 Å². The number of halogens is 1. The maximum absolute atomic E-state index is 6.04. The molecule has 7 heteroatoms. The molecule has 1 aromatic rings. The zero-order chi connectivity index (χ0) is 15.3. The minimum atomic E-state index is -0.295. The van der Waals surface area contributed by atoms with Crippen LogP contribution in [0.5, 0.6) is 0 Å². The Hall–Kier alpha value is -2.05. The fraction of sp³-hybridized carbons (Fsp3) is 0.333. The maximum Gasteiger partial charge on any atom is 0.154 e. The van der Waals surface area contributed by atoms with E-state index in [1.165, 1.54) is 0 Å². The smallest absolute Gasteiger partial charge is 0.154 e. The third-order valence-electron chi connectivity index (χ3n) is 4.52. The number of nitrogens with one attached hydrogen (secondary N) is 2. The number of nitrogens with zero attached hydrogens (tertiary/aromatic N) is 4. The predicted molar refractivity (Wildman–Crippen MR) is 87.7 cm³/mol. The van der Waals surface area contributed by atoms with Crippen LogP contribution in [0, 0.1) is 0 Å². The lowest BCUT2D eigenvalue weighted by molar-refractivity contribution is 0.226. The molecule has 0 aromatic carbocycles. The average molecular weight is 317 g/mol. The van der Waals surface area contributed by atoms with Crippen LogP contribution in [0.15, 0.2) is 46.9 Å². The van der Waals surface area contributed by atoms with Crippen LogP contribution >= 0.6 is 11.6 Å². The van der Waals surface area contributed by atoms with Gasteiger partial charge in [-0.25, -0.2) is 4.98 Å². The van der Waals surface area contributed by atoms with E-state index in [9.17, 15) is 0 Å². The van der Waals surface area contributed by atoms with Crippen molar-refractivity contribution in [1.29, 1.82) is 0 Å². The predicted octanol–water partition coefficient (Wildman–Crippen LogP) is 1.14. The molecule has 2 N–H and O–H groups in total. The maximum atomic E-state index is 6.04. The van der Waals surface area contributed by atoms with Crippen molar-refractivity contribution in [3.05, 3.63) is 47.0 Å². The third kappa shape index (κ3) is 1.65. The van der Waals surface area contributed by atoms with E-state index >= 15 is 0 Å². The highest BCUT2D eigenvalue weighted by Gasteiger charge is 2.55. The molecule has 0 bridgehead atoms. The largest absolute Gasteiger partial charge is 0.385 e. The van der Waals surface area contributed by atoms with E-state index in [2.05, 4.69) is 38.5 Å². The summed E-state index contributed by atoms with van der Waals surface area (Å²) >= 11 is 6.04. The molecule has 1 spiro atoms. The van der Waals surface area contributed by atoms with Crippen LogP contribution in [0.25, 0.3) is 0 Å². The monoisotopic (exact) mass is 316 g/mol. The van der Waals surface area contributed by atoms with Crippen molar-refractivity contribution in [1.82, 2.24) is 20.5 Å². The molecule has 2 unspecified atom stereocenters. The number of allylic oxidation sites excluding steroid dienone is 1. The molecule has 0 saturated carbocycles. The lowest BCUT2D eigenvalue weighted by atomic mass is 9.90. The first kappa shape index (κ1) is 13.6. The van der Waals surface area contributed by atoms with Crippen molar-refractivity contribution in [2.24, 2.45) is 4.99 Å². The second-order valence-electron chi connectivity index (χ2n) is 5.59. The van der Waals surface area contributed by atoms with E-state index < -0.39 is 0 Å². The summed E-state index contributed by atoms with van der Waals surface area (Å²) in [6, 6.07) is 5.63. The summed E-state index contributed by atoms with van der Waals surface area (Å²) in [4.78, 5) is 13.5. The average Bonchev–Trinajstić information content (AvgIpc) is 3.07. The number of anilines is 1. The van der Waals surface area contributed by atoms with Crippen molar-refractivity contribution >= 4 is 23.6 Å². The minimum absolute atomic E-state index is 0.0921. The Morgan fingerprint density at radius 2 is 2.32 bits per heavy atom. The van der Waals surface area contributed by atoms with Crippen LogP contribution < -0.4 is 15.5 Å². The Labute approximate surface area is 134 Å². The summed E-state index contributed by atoms with van der Waals surface area (Å²) in [6.45, 7) is 0.779. The molecule has 1 fully saturated rings. The Morgan fingerprint density at radius 3 is 3.09 bits per heavy atom. The standard InChI is InChI=1S/C15H17ClN6/c1-17-10-8-18-14-15(13(10)19-9-21(15)2)6-7-22(14)12-5-3-4-11(16)20-12/h3-8,14,17,19H,9H2,1-2H3. The van der Waals surface area contributed by atoms with E-state index in [4.69, 9.17) is 16.6 Å². The summed E-state index contributed by atoms with van der Waals surface area (Å²) in [5.74, 6) is 0.801. The number of rotatable bonds is 2. The zero-order valence-corrected chi connectivity index (χ0v) is 13.2. The molecule has 1 saturated heterocycles. The van der Waals surface area contributed by atoms with Crippen molar-refractivity contribution < 1.29 is 0 Å². The van der Waals surface area contributed by atoms with E-state index in [-0.39, 0.29) is 11.7 Å². The molecule has 2 atom stereocenters. The minimum Gasteiger partial charge on any atom is -0.385 e. The number of likely N-dealkylation sites (N-methyl/N-ethyl adjacent to an activating group) is 1. The Morgan fingerprint density at radius 1 is 1.45 bits per heavy atom. The normalized spacial score (nSPS) is 29.6. The Kier molecular flexibility index (Phi) is 2.92. The summed E-state index contributed by atoms with van der Waals surface area (Å²) in [6.07, 6.45) is 6.02. The van der Waals surface area contributed by atoms with Gasteiger partial charge in [0.25, 0.3) is 0 Å². The number of dihydropyridines is 1. The lowest BCUT2D eigenvalue weighted by Crippen LogP contribution is -2.55. The fourth-order valence-electron chi connectivity index (χ4n) is 3.41. The van der Waals surface area contributed by atoms with Crippen molar-refractivity contribution in [3.8, 4) is 0 Å². The molecule has 22 heavy (non-hydrogen) atoms. The zero-order valence-electron chi connectivity index (χ0n) is 12.4. The van der Waals surface area contributed by atoms with E-state index in [1.807, 2.05) is 31.6 Å². The second-order valence-corrected chi connectivity index (χ2v) is 5.98. The first-order valence-corrected chi connectivity index (χ1v) is 7.55. The highest BCUT2D eigenvalue weighted by molar-refractivity contribution is 6.29. The van der Waals surface area contributed by atoms with Gasteiger partial charge in [-0.1, -0.05) is 17.7 Å². The molecule has 0 aliphatic carbocycles. The van der Waals surface area contributed by atoms with E-state index in [0.29, 0.717) is 5.15 Å². The van der Waals surface area contributed by atoms with Crippen molar-refractivity contribution in [2.45, 2.75) is 11.7 Å². The van der Waals surface area contributed by atoms with Crippen LogP contribution in [0.2, 0.25) is 5.15 Å². The highest BCUT2D eigenvalue weighted by Crippen LogP contribution is 2.43. The van der Waals surface area contributed by atoms with E-state index in [1.54, 1.807) is 6.07 Å². The Bertz CT molecular complexity index is 712. The van der Waals surface area contributed by atoms with Gasteiger partial charge in [-0.05, 0) is 25.3 Å². The molecule has 6 nitrogen and oxygen atoms in total. The number of aliphatic imine (C=N–C) groups is 1. The topological polar surface area (TPSA) is 55.8 Å². The fourth-order valence-corrected chi connectivity index (χ4v) is 3.57. The van der Waals surface area contributed by atoms with E-state index in [0.717, 1.165) is 23.9 Å². The third-order valence-corrected chi connectivity index (χ3v) is 4.73. The molecule has 0 amide bonds. The van der Waals surface area contributed by atoms with Gasteiger partial charge in [0.05, 0.1) is 18.1 Å². The molecule has 4 heterocycles. The van der Waals surface area contributed by atoms with Crippen LogP contribution in [-0.4, -0.2) is 48.6 Å².